The van der Waals surface area contributed by atoms with E-state index in [1.54, 1.807) is 0 Å². The number of hydrogen-bond donors (Lipinski definition) is 2. The van der Waals surface area contributed by atoms with Gasteiger partial charge in [-0.1, -0.05) is 0 Å². The molecule has 0 saturated carbocycles. The molecule has 0 aliphatic heterocycles. The van der Waals surface area contributed by atoms with Gasteiger partial charge in [0.2, 0.25) is 0 Å². The van der Waals surface area contributed by atoms with Crippen LogP contribution in [-0.4, -0.2) is 47.5 Å². The first kappa shape index (κ1) is 16.2. The summed E-state index contributed by atoms with van der Waals surface area (Å²) in [5.41, 5.74) is 0. The summed E-state index contributed by atoms with van der Waals surface area (Å²) in [5, 5.41) is 0. The Morgan fingerprint density at radius 3 is 1.71 bits per heavy atom. The third-order valence-corrected chi connectivity index (χ3v) is 0.185. The van der Waals surface area contributed by atoms with E-state index >= 15 is 0 Å². The van der Waals surface area contributed by atoms with Crippen LogP contribution >= 0.6 is 8.60 Å². The van der Waals surface area contributed by atoms with Gasteiger partial charge in [-0.25, -0.2) is 0 Å². The van der Waals surface area contributed by atoms with E-state index in [1.807, 2.05) is 0 Å². The molecule has 0 radical (unpaired) electrons. The summed E-state index contributed by atoms with van der Waals surface area (Å²) in [4.78, 5) is 14.8. The van der Waals surface area contributed by atoms with Crippen LogP contribution in [0.4, 0.5) is 4.53 Å². The molecule has 3 nitrogen and oxygen atoms in total. The molecule has 0 atom stereocenters. The summed E-state index contributed by atoms with van der Waals surface area (Å²) < 4.78 is 12.6. The second-order valence-electron chi connectivity index (χ2n) is 0.322. The zero-order chi connectivity index (χ0) is 4.28. The maximum absolute atomic E-state index is 10.1. The van der Waals surface area contributed by atoms with Crippen molar-refractivity contribution >= 4 is 46.3 Å². The molecule has 0 bridgehead atoms. The molecule has 0 unspecified atom stereocenters. The number of halogens is 1. The Balaban J connectivity index is -0.00000000800. The van der Waals surface area contributed by atoms with E-state index < -0.39 is 8.60 Å². The first-order valence-corrected chi connectivity index (χ1v) is 1.90. The molecule has 7 heavy (non-hydrogen) atoms. The first-order valence-electron chi connectivity index (χ1n) is 0.737. The Morgan fingerprint density at radius 1 is 1.57 bits per heavy atom. The Bertz CT molecular complexity index is 37.7. The number of hydrogen-bond acceptors (Lipinski definition) is 3. The van der Waals surface area contributed by atoms with Gasteiger partial charge in [-0.05, 0) is 4.53 Å². The van der Waals surface area contributed by atoms with Gasteiger partial charge in [0.15, 0.2) is 0 Å². The normalized spacial score (nSPS) is 6.86. The van der Waals surface area contributed by atoms with Crippen LogP contribution in [0.15, 0.2) is 0 Å². The summed E-state index contributed by atoms with van der Waals surface area (Å²) in [6.45, 7) is 0. The van der Waals surface area contributed by atoms with Crippen LogP contribution in [-0.2, 0) is 4.73 Å². The van der Waals surface area contributed by atoms with Crippen LogP contribution in [0, 0.1) is 0 Å². The maximum Gasteiger partial charge on any atom is 2.00 e. The van der Waals surface area contributed by atoms with Gasteiger partial charge in [-0.3, -0.25) is 0 Å². The van der Waals surface area contributed by atoms with Crippen molar-refractivity contribution in [1.29, 1.82) is 0 Å². The van der Waals surface area contributed by atoms with Crippen molar-refractivity contribution < 1.29 is 52.9 Å². The third-order valence-electron chi connectivity index (χ3n) is 0.0617. The fraction of sp³-hybridized carbons (Fsp3) is 0. The molecular formula is H5CaFNaO3P. The average molecular weight is 166 g/mol. The predicted octanol–water partition coefficient (Wildman–Crippen LogP) is -2.94. The molecule has 0 aromatic carbocycles. The van der Waals surface area contributed by atoms with E-state index in [0.717, 1.165) is 0 Å². The minimum absolute atomic E-state index is 0. The van der Waals surface area contributed by atoms with E-state index in [9.17, 15) is 4.53 Å². The van der Waals surface area contributed by atoms with Gasteiger partial charge in [0.1, 0.15) is 0 Å². The Kier molecular flexibility index (Phi) is 26.3. The van der Waals surface area contributed by atoms with Crippen molar-refractivity contribution in [2.75, 3.05) is 0 Å². The van der Waals surface area contributed by atoms with Crippen LogP contribution in [0.1, 0.15) is 4.28 Å². The van der Waals surface area contributed by atoms with E-state index in [0.29, 0.717) is 0 Å². The van der Waals surface area contributed by atoms with E-state index in [2.05, 4.69) is 4.73 Å². The van der Waals surface area contributed by atoms with Crippen molar-refractivity contribution in [3.05, 3.63) is 0 Å². The summed E-state index contributed by atoms with van der Waals surface area (Å²) in [5.74, 6) is 0. The largest absolute Gasteiger partial charge is 2.00 e. The fourth-order valence-corrected chi connectivity index (χ4v) is 0. The molecule has 0 aliphatic carbocycles. The molecule has 0 aromatic rings. The second-order valence-corrected chi connectivity index (χ2v) is 0.965. The van der Waals surface area contributed by atoms with Gasteiger partial charge in [0, 0.05) is 0 Å². The smallest absolute Gasteiger partial charge is 1.00 e. The van der Waals surface area contributed by atoms with Crippen LogP contribution in [0.2, 0.25) is 0 Å². The monoisotopic (exact) mass is 166 g/mol. The zero-order valence-electron chi connectivity index (χ0n) is 6.83. The van der Waals surface area contributed by atoms with Gasteiger partial charge in [0.25, 0.3) is 0 Å². The SMILES string of the molecule is OP(O)OF.[Ca+2].[H-].[H-].[H-].[Na+]. The molecule has 0 saturated heterocycles. The number of rotatable bonds is 1. The molecule has 0 fully saturated rings. The van der Waals surface area contributed by atoms with Gasteiger partial charge in [-0.2, -0.15) is 0 Å². The Hall–Kier alpha value is 2.50. The second kappa shape index (κ2) is 11.3. The first-order chi connectivity index (χ1) is 2.27. The molecule has 0 aromatic heterocycles. The van der Waals surface area contributed by atoms with Crippen LogP contribution in [0.3, 0.4) is 0 Å². The summed E-state index contributed by atoms with van der Waals surface area (Å²) >= 11 is 0. The van der Waals surface area contributed by atoms with Crippen molar-refractivity contribution in [3.63, 3.8) is 0 Å². The fourth-order valence-electron chi connectivity index (χ4n) is 0. The van der Waals surface area contributed by atoms with Gasteiger partial charge in [0.05, 0.1) is 0 Å². The molecule has 0 spiro atoms. The molecular weight excluding hydrogens is 161 g/mol. The third kappa shape index (κ3) is 17.7. The summed E-state index contributed by atoms with van der Waals surface area (Å²) in [6, 6.07) is 0. The van der Waals surface area contributed by atoms with Crippen molar-refractivity contribution in [2.45, 2.75) is 0 Å². The predicted molar refractivity (Wildman–Crippen MR) is 22.6 cm³/mol. The van der Waals surface area contributed by atoms with Crippen LogP contribution in [0.5, 0.6) is 0 Å². The Morgan fingerprint density at radius 2 is 1.71 bits per heavy atom. The molecule has 0 rings (SSSR count). The van der Waals surface area contributed by atoms with E-state index in [4.69, 9.17) is 9.79 Å². The molecule has 38 valence electrons. The van der Waals surface area contributed by atoms with Crippen molar-refractivity contribution in [2.24, 2.45) is 0 Å². The zero-order valence-corrected chi connectivity index (χ0v) is 8.94. The minimum atomic E-state index is -2.76. The van der Waals surface area contributed by atoms with Crippen molar-refractivity contribution in [1.82, 2.24) is 0 Å². The molecule has 0 amide bonds. The van der Waals surface area contributed by atoms with Gasteiger partial charge < -0.3 is 14.1 Å². The standard InChI is InChI=1S/Ca.FH2O3P.Na.3H/c;1-4-5(2)3;;;;/h;2-3H;;;;/q+2;;+1;3*-1. The van der Waals surface area contributed by atoms with Crippen LogP contribution in [0.25, 0.3) is 0 Å². The van der Waals surface area contributed by atoms with Crippen LogP contribution < -0.4 is 29.6 Å². The molecule has 0 aliphatic rings. The van der Waals surface area contributed by atoms with E-state index in [1.165, 1.54) is 0 Å². The Labute approximate surface area is 97.9 Å². The van der Waals surface area contributed by atoms with E-state index in [-0.39, 0.29) is 71.6 Å². The maximum atomic E-state index is 10.1. The molecule has 7 heteroatoms. The minimum Gasteiger partial charge on any atom is -1.00 e. The van der Waals surface area contributed by atoms with Gasteiger partial charge >= 0.3 is 75.9 Å². The quantitative estimate of drug-likeness (QED) is 0.323. The van der Waals surface area contributed by atoms with Crippen molar-refractivity contribution in [3.8, 4) is 0 Å². The van der Waals surface area contributed by atoms with Gasteiger partial charge in [-0.15, -0.1) is 4.73 Å². The topological polar surface area (TPSA) is 49.7 Å². The summed E-state index contributed by atoms with van der Waals surface area (Å²) in [7, 11) is -2.76. The molecule has 0 heterocycles. The molecule has 2 N–H and O–H groups in total. The summed E-state index contributed by atoms with van der Waals surface area (Å²) in [6.07, 6.45) is 0. The average Bonchev–Trinajstić information content (AvgIpc) is 1.38.